The summed E-state index contributed by atoms with van der Waals surface area (Å²) in [5, 5.41) is 5.94. The van der Waals surface area contributed by atoms with Gasteiger partial charge in [0.25, 0.3) is 0 Å². The van der Waals surface area contributed by atoms with E-state index >= 15 is 0 Å². The van der Waals surface area contributed by atoms with Crippen LogP contribution in [0.15, 0.2) is 42.5 Å². The molecule has 0 bridgehead atoms. The first-order valence-corrected chi connectivity index (χ1v) is 8.44. The summed E-state index contributed by atoms with van der Waals surface area (Å²) in [5.41, 5.74) is 6.08. The molecule has 1 atom stereocenters. The molecule has 3 rings (SSSR count). The standard InChI is InChI=1S/C20H24N2O/c1-3-15-7-9-16(10-8-15)14(2)21-20(23)22-19-12-11-17-5-4-6-18(17)13-19/h7-14H,3-6H2,1-2H3,(H2,21,22,23)/t14-/m0/s1. The fourth-order valence-corrected chi connectivity index (χ4v) is 3.14. The maximum atomic E-state index is 12.2. The smallest absolute Gasteiger partial charge is 0.319 e. The number of carbonyl (C=O) groups is 1. The number of amides is 2. The number of benzene rings is 2. The van der Waals surface area contributed by atoms with Crippen LogP contribution in [0.3, 0.4) is 0 Å². The minimum Gasteiger partial charge on any atom is -0.331 e. The van der Waals surface area contributed by atoms with Gasteiger partial charge in [0.15, 0.2) is 0 Å². The molecule has 0 radical (unpaired) electrons. The second-order valence-electron chi connectivity index (χ2n) is 6.25. The lowest BCUT2D eigenvalue weighted by atomic mass is 10.1. The normalized spacial score (nSPS) is 14.2. The maximum Gasteiger partial charge on any atom is 0.319 e. The SMILES string of the molecule is CCc1ccc([C@H](C)NC(=O)Nc2ccc3c(c2)CCC3)cc1. The van der Waals surface area contributed by atoms with Gasteiger partial charge in [0.2, 0.25) is 0 Å². The van der Waals surface area contributed by atoms with Crippen molar-refractivity contribution >= 4 is 11.7 Å². The summed E-state index contributed by atoms with van der Waals surface area (Å²) < 4.78 is 0. The molecule has 3 nitrogen and oxygen atoms in total. The highest BCUT2D eigenvalue weighted by Crippen LogP contribution is 2.25. The average molecular weight is 308 g/mol. The van der Waals surface area contributed by atoms with Crippen LogP contribution < -0.4 is 10.6 Å². The van der Waals surface area contributed by atoms with Crippen molar-refractivity contribution in [3.05, 3.63) is 64.7 Å². The van der Waals surface area contributed by atoms with Gasteiger partial charge in [-0.1, -0.05) is 37.3 Å². The summed E-state index contributed by atoms with van der Waals surface area (Å²) in [4.78, 5) is 12.2. The minimum atomic E-state index is -0.157. The lowest BCUT2D eigenvalue weighted by molar-refractivity contribution is 0.249. The lowest BCUT2D eigenvalue weighted by Gasteiger charge is -2.16. The van der Waals surface area contributed by atoms with Gasteiger partial charge in [-0.25, -0.2) is 4.79 Å². The van der Waals surface area contributed by atoms with Crippen molar-refractivity contribution in [1.82, 2.24) is 5.32 Å². The average Bonchev–Trinajstić information content (AvgIpc) is 3.02. The topological polar surface area (TPSA) is 41.1 Å². The zero-order valence-corrected chi connectivity index (χ0v) is 13.9. The predicted molar refractivity (Wildman–Crippen MR) is 94.9 cm³/mol. The Morgan fingerprint density at radius 2 is 1.83 bits per heavy atom. The van der Waals surface area contributed by atoms with E-state index in [1.807, 2.05) is 13.0 Å². The maximum absolute atomic E-state index is 12.2. The zero-order valence-electron chi connectivity index (χ0n) is 13.9. The summed E-state index contributed by atoms with van der Waals surface area (Å²) in [6.07, 6.45) is 4.52. The number of urea groups is 1. The molecule has 0 spiro atoms. The van der Waals surface area contributed by atoms with E-state index in [1.165, 1.54) is 23.1 Å². The van der Waals surface area contributed by atoms with Gasteiger partial charge in [-0.15, -0.1) is 0 Å². The van der Waals surface area contributed by atoms with E-state index < -0.39 is 0 Å². The Morgan fingerprint density at radius 1 is 1.09 bits per heavy atom. The van der Waals surface area contributed by atoms with Gasteiger partial charge in [-0.3, -0.25) is 0 Å². The molecule has 0 aliphatic heterocycles. The van der Waals surface area contributed by atoms with E-state index in [2.05, 4.69) is 54.0 Å². The Bertz CT molecular complexity index is 691. The summed E-state index contributed by atoms with van der Waals surface area (Å²) >= 11 is 0. The molecule has 120 valence electrons. The van der Waals surface area contributed by atoms with Crippen molar-refractivity contribution in [3.63, 3.8) is 0 Å². The number of nitrogens with one attached hydrogen (secondary N) is 2. The molecular weight excluding hydrogens is 284 g/mol. The van der Waals surface area contributed by atoms with E-state index in [9.17, 15) is 4.79 Å². The molecule has 2 N–H and O–H groups in total. The predicted octanol–water partition coefficient (Wildman–Crippen LogP) is 4.62. The molecule has 0 aromatic heterocycles. The number of aryl methyl sites for hydroxylation is 3. The quantitative estimate of drug-likeness (QED) is 0.850. The Labute approximate surface area is 138 Å². The monoisotopic (exact) mass is 308 g/mol. The number of hydrogen-bond acceptors (Lipinski definition) is 1. The largest absolute Gasteiger partial charge is 0.331 e. The molecule has 0 unspecified atom stereocenters. The van der Waals surface area contributed by atoms with Crippen molar-refractivity contribution in [2.24, 2.45) is 0 Å². The summed E-state index contributed by atoms with van der Waals surface area (Å²) in [6, 6.07) is 14.4. The summed E-state index contributed by atoms with van der Waals surface area (Å²) in [6.45, 7) is 4.14. The third kappa shape index (κ3) is 3.73. The van der Waals surface area contributed by atoms with Crippen molar-refractivity contribution in [2.45, 2.75) is 45.6 Å². The van der Waals surface area contributed by atoms with Crippen LogP contribution in [0.2, 0.25) is 0 Å². The van der Waals surface area contributed by atoms with Crippen molar-refractivity contribution < 1.29 is 4.79 Å². The first-order chi connectivity index (χ1) is 11.2. The lowest BCUT2D eigenvalue weighted by Crippen LogP contribution is -2.31. The molecule has 3 heteroatoms. The highest BCUT2D eigenvalue weighted by molar-refractivity contribution is 5.89. The first-order valence-electron chi connectivity index (χ1n) is 8.44. The van der Waals surface area contributed by atoms with Crippen molar-refractivity contribution in [3.8, 4) is 0 Å². The molecule has 23 heavy (non-hydrogen) atoms. The van der Waals surface area contributed by atoms with Crippen molar-refractivity contribution in [2.75, 3.05) is 5.32 Å². The van der Waals surface area contributed by atoms with E-state index in [-0.39, 0.29) is 12.1 Å². The van der Waals surface area contributed by atoms with Crippen LogP contribution in [0.5, 0.6) is 0 Å². The molecule has 2 aromatic carbocycles. The van der Waals surface area contributed by atoms with Gasteiger partial charge in [-0.05, 0) is 67.0 Å². The van der Waals surface area contributed by atoms with Gasteiger partial charge in [0.05, 0.1) is 6.04 Å². The molecule has 2 amide bonds. The highest BCUT2D eigenvalue weighted by Gasteiger charge is 2.13. The molecular formula is C20H24N2O. The van der Waals surface area contributed by atoms with E-state index in [4.69, 9.17) is 0 Å². The first kappa shape index (κ1) is 15.6. The Morgan fingerprint density at radius 3 is 2.57 bits per heavy atom. The van der Waals surface area contributed by atoms with Crippen LogP contribution in [0.25, 0.3) is 0 Å². The molecule has 1 aliphatic rings. The zero-order chi connectivity index (χ0) is 16.2. The minimum absolute atomic E-state index is 0.0182. The number of anilines is 1. The van der Waals surface area contributed by atoms with Crippen LogP contribution in [0, 0.1) is 0 Å². The third-order valence-electron chi connectivity index (χ3n) is 4.59. The summed E-state index contributed by atoms with van der Waals surface area (Å²) in [5.74, 6) is 0. The molecule has 0 saturated carbocycles. The number of carbonyl (C=O) groups excluding carboxylic acids is 1. The van der Waals surface area contributed by atoms with Crippen LogP contribution in [-0.2, 0) is 19.3 Å². The summed E-state index contributed by atoms with van der Waals surface area (Å²) in [7, 11) is 0. The van der Waals surface area contributed by atoms with E-state index in [1.54, 1.807) is 0 Å². The van der Waals surface area contributed by atoms with E-state index in [0.29, 0.717) is 0 Å². The molecule has 0 heterocycles. The molecule has 1 aliphatic carbocycles. The fraction of sp³-hybridized carbons (Fsp3) is 0.350. The van der Waals surface area contributed by atoms with Crippen molar-refractivity contribution in [1.29, 1.82) is 0 Å². The Hall–Kier alpha value is -2.29. The van der Waals surface area contributed by atoms with Crippen LogP contribution in [0.1, 0.15) is 48.6 Å². The number of hydrogen-bond donors (Lipinski definition) is 2. The highest BCUT2D eigenvalue weighted by atomic mass is 16.2. The molecule has 2 aromatic rings. The molecule has 0 saturated heterocycles. The van der Waals surface area contributed by atoms with Gasteiger partial charge in [-0.2, -0.15) is 0 Å². The van der Waals surface area contributed by atoms with Gasteiger partial charge in [0.1, 0.15) is 0 Å². The van der Waals surface area contributed by atoms with Crippen LogP contribution >= 0.6 is 0 Å². The Kier molecular flexibility index (Phi) is 4.65. The fourth-order valence-electron chi connectivity index (χ4n) is 3.14. The number of fused-ring (bicyclic) bond motifs is 1. The van der Waals surface area contributed by atoms with Crippen LogP contribution in [0.4, 0.5) is 10.5 Å². The van der Waals surface area contributed by atoms with Gasteiger partial charge in [0, 0.05) is 5.69 Å². The van der Waals surface area contributed by atoms with Gasteiger partial charge < -0.3 is 10.6 Å². The third-order valence-corrected chi connectivity index (χ3v) is 4.59. The second kappa shape index (κ2) is 6.86. The van der Waals surface area contributed by atoms with E-state index in [0.717, 1.165) is 30.5 Å². The van der Waals surface area contributed by atoms with Crippen LogP contribution in [-0.4, -0.2) is 6.03 Å². The molecule has 0 fully saturated rings. The van der Waals surface area contributed by atoms with Gasteiger partial charge >= 0.3 is 6.03 Å². The Balaban J connectivity index is 1.60. The number of rotatable bonds is 4. The second-order valence-corrected chi connectivity index (χ2v) is 6.25.